The van der Waals surface area contributed by atoms with Gasteiger partial charge >= 0.3 is 0 Å². The van der Waals surface area contributed by atoms with Crippen molar-refractivity contribution in [2.45, 2.75) is 50.1 Å². The van der Waals surface area contributed by atoms with Crippen LogP contribution in [0.5, 0.6) is 0 Å². The summed E-state index contributed by atoms with van der Waals surface area (Å²) in [6, 6.07) is 13.7. The molecule has 2 aromatic rings. The van der Waals surface area contributed by atoms with Gasteiger partial charge in [0.25, 0.3) is 0 Å². The molecule has 0 saturated carbocycles. The number of piperidine rings is 1. The zero-order chi connectivity index (χ0) is 23.5. The summed E-state index contributed by atoms with van der Waals surface area (Å²) in [6.07, 6.45) is 2.23. The number of hydrogen-bond donors (Lipinski definition) is 2. The molecule has 0 atom stereocenters. The largest absolute Gasteiger partial charge is 0.368 e. The van der Waals surface area contributed by atoms with Crippen LogP contribution in [-0.2, 0) is 23.0 Å². The Hall–Kier alpha value is -2.00. The van der Waals surface area contributed by atoms with Gasteiger partial charge in [0.2, 0.25) is 10.0 Å². The van der Waals surface area contributed by atoms with Crippen LogP contribution in [0.3, 0.4) is 0 Å². The topological polar surface area (TPSA) is 73.8 Å². The van der Waals surface area contributed by atoms with E-state index in [1.165, 1.54) is 12.1 Å². The first-order valence-corrected chi connectivity index (χ1v) is 13.1. The lowest BCUT2D eigenvalue weighted by atomic mass is 9.85. The van der Waals surface area contributed by atoms with E-state index in [0.717, 1.165) is 29.9 Å². The average Bonchev–Trinajstić information content (AvgIpc) is 2.80. The highest BCUT2D eigenvalue weighted by Crippen LogP contribution is 2.29. The minimum atomic E-state index is -3.53. The quantitative estimate of drug-likeness (QED) is 0.623. The van der Waals surface area contributed by atoms with Crippen molar-refractivity contribution in [2.24, 2.45) is 10.9 Å². The predicted molar refractivity (Wildman–Crippen MR) is 137 cm³/mol. The third kappa shape index (κ3) is 5.97. The van der Waals surface area contributed by atoms with Gasteiger partial charge in [-0.25, -0.2) is 12.8 Å². The van der Waals surface area contributed by atoms with Gasteiger partial charge < -0.3 is 10.6 Å². The van der Waals surface area contributed by atoms with Crippen molar-refractivity contribution in [3.63, 3.8) is 0 Å². The minimum Gasteiger partial charge on any atom is -0.368 e. The molecule has 9 heteroatoms. The number of halogens is 2. The second kappa shape index (κ2) is 11.2. The van der Waals surface area contributed by atoms with Crippen molar-refractivity contribution < 1.29 is 12.8 Å². The van der Waals surface area contributed by atoms with Crippen LogP contribution in [-0.4, -0.2) is 50.3 Å². The fourth-order valence-corrected chi connectivity index (χ4v) is 6.09. The van der Waals surface area contributed by atoms with E-state index in [1.54, 1.807) is 28.6 Å². The Morgan fingerprint density at radius 1 is 1.06 bits per heavy atom. The SMILES string of the molecule is CC(C)Cc1ccc(S(=O)(=O)N2CCC3(CC2)NCCN=C3NCc2ccc(F)cc2)cc1.Cl. The maximum absolute atomic E-state index is 13.2. The summed E-state index contributed by atoms with van der Waals surface area (Å²) >= 11 is 0. The van der Waals surface area contributed by atoms with Crippen LogP contribution in [0.15, 0.2) is 58.4 Å². The molecule has 2 aromatic carbocycles. The Bertz CT molecular complexity index is 1080. The van der Waals surface area contributed by atoms with E-state index in [0.29, 0.717) is 49.8 Å². The van der Waals surface area contributed by atoms with Crippen LogP contribution in [0.25, 0.3) is 0 Å². The molecule has 2 aliphatic heterocycles. The standard InChI is InChI=1S/C25H33FN4O2S.ClH/c1-19(2)17-20-5-9-23(10-6-20)33(31,32)30-15-11-25(12-16-30)24(27-13-14-29-25)28-18-21-3-7-22(26)8-4-21;/h3-10,19,29H,11-18H2,1-2H3,(H,27,28);1H. The maximum Gasteiger partial charge on any atom is 0.243 e. The Balaban J connectivity index is 0.00000324. The number of nitrogens with zero attached hydrogens (tertiary/aromatic N) is 2. The van der Waals surface area contributed by atoms with Crippen LogP contribution < -0.4 is 10.6 Å². The van der Waals surface area contributed by atoms with Gasteiger partial charge in [0.1, 0.15) is 11.7 Å². The maximum atomic E-state index is 13.2. The number of aliphatic imine (C=N–C) groups is 1. The first kappa shape index (κ1) is 26.6. The number of rotatable bonds is 6. The molecule has 34 heavy (non-hydrogen) atoms. The zero-order valence-corrected chi connectivity index (χ0v) is 21.4. The first-order valence-electron chi connectivity index (χ1n) is 11.7. The lowest BCUT2D eigenvalue weighted by Gasteiger charge is -2.44. The molecule has 0 bridgehead atoms. The molecule has 2 heterocycles. The highest BCUT2D eigenvalue weighted by molar-refractivity contribution is 7.89. The molecule has 1 fully saturated rings. The molecule has 1 spiro atoms. The summed E-state index contributed by atoms with van der Waals surface area (Å²) in [6.45, 7) is 7.16. The molecule has 6 nitrogen and oxygen atoms in total. The van der Waals surface area contributed by atoms with Crippen molar-refractivity contribution in [1.29, 1.82) is 0 Å². The van der Waals surface area contributed by atoms with Crippen molar-refractivity contribution in [2.75, 3.05) is 26.2 Å². The highest BCUT2D eigenvalue weighted by Gasteiger charge is 2.43. The Morgan fingerprint density at radius 3 is 2.29 bits per heavy atom. The zero-order valence-electron chi connectivity index (χ0n) is 19.8. The molecule has 186 valence electrons. The second-order valence-electron chi connectivity index (χ2n) is 9.37. The van der Waals surface area contributed by atoms with Gasteiger partial charge in [0.05, 0.1) is 17.0 Å². The summed E-state index contributed by atoms with van der Waals surface area (Å²) in [5.74, 6) is 1.14. The van der Waals surface area contributed by atoms with Crippen molar-refractivity contribution in [3.8, 4) is 0 Å². The minimum absolute atomic E-state index is 0. The van der Waals surface area contributed by atoms with E-state index in [2.05, 4.69) is 24.5 Å². The number of hydrogen-bond acceptors (Lipinski definition) is 5. The second-order valence-corrected chi connectivity index (χ2v) is 11.3. The van der Waals surface area contributed by atoms with Crippen LogP contribution in [0, 0.1) is 11.7 Å². The number of benzene rings is 2. The Morgan fingerprint density at radius 2 is 1.68 bits per heavy atom. The molecule has 0 radical (unpaired) electrons. The number of amidine groups is 1. The van der Waals surface area contributed by atoms with Gasteiger partial charge in [-0.05, 0) is 60.6 Å². The van der Waals surface area contributed by atoms with Gasteiger partial charge in [-0.15, -0.1) is 12.4 Å². The van der Waals surface area contributed by atoms with Crippen LogP contribution in [0.1, 0.15) is 37.8 Å². The normalized spacial score (nSPS) is 18.4. The lowest BCUT2D eigenvalue weighted by molar-refractivity contribution is 0.241. The van der Waals surface area contributed by atoms with Gasteiger partial charge in [-0.1, -0.05) is 38.1 Å². The monoisotopic (exact) mass is 508 g/mol. The summed E-state index contributed by atoms with van der Waals surface area (Å²) in [4.78, 5) is 5.07. The molecule has 2 aliphatic rings. The first-order chi connectivity index (χ1) is 15.8. The van der Waals surface area contributed by atoms with Gasteiger partial charge in [0, 0.05) is 26.2 Å². The Kier molecular flexibility index (Phi) is 8.73. The van der Waals surface area contributed by atoms with Crippen LogP contribution in [0.2, 0.25) is 0 Å². The van der Waals surface area contributed by atoms with Crippen molar-refractivity contribution in [3.05, 3.63) is 65.5 Å². The fraction of sp³-hybridized carbons (Fsp3) is 0.480. The van der Waals surface area contributed by atoms with Crippen LogP contribution in [0.4, 0.5) is 4.39 Å². The van der Waals surface area contributed by atoms with E-state index >= 15 is 0 Å². The predicted octanol–water partition coefficient (Wildman–Crippen LogP) is 3.76. The Labute approximate surface area is 208 Å². The molecule has 0 aromatic heterocycles. The third-order valence-corrected chi connectivity index (χ3v) is 8.37. The smallest absolute Gasteiger partial charge is 0.243 e. The fourth-order valence-electron chi connectivity index (χ4n) is 4.65. The van der Waals surface area contributed by atoms with Crippen LogP contribution >= 0.6 is 12.4 Å². The summed E-state index contributed by atoms with van der Waals surface area (Å²) < 4.78 is 41.3. The molecule has 0 aliphatic carbocycles. The van der Waals surface area contributed by atoms with E-state index < -0.39 is 10.0 Å². The molecule has 1 saturated heterocycles. The van der Waals surface area contributed by atoms with E-state index in [-0.39, 0.29) is 23.8 Å². The summed E-state index contributed by atoms with van der Waals surface area (Å²) in [7, 11) is -3.53. The van der Waals surface area contributed by atoms with E-state index in [4.69, 9.17) is 4.99 Å². The van der Waals surface area contributed by atoms with E-state index in [9.17, 15) is 12.8 Å². The molecular formula is C25H34ClFN4O2S. The van der Waals surface area contributed by atoms with Crippen molar-refractivity contribution in [1.82, 2.24) is 14.9 Å². The highest BCUT2D eigenvalue weighted by atomic mass is 35.5. The summed E-state index contributed by atoms with van der Waals surface area (Å²) in [5, 5.41) is 7.01. The van der Waals surface area contributed by atoms with Crippen molar-refractivity contribution >= 4 is 28.3 Å². The molecule has 2 N–H and O–H groups in total. The van der Waals surface area contributed by atoms with Gasteiger partial charge in [-0.3, -0.25) is 4.99 Å². The molecular weight excluding hydrogens is 475 g/mol. The molecule has 4 rings (SSSR count). The molecule has 0 unspecified atom stereocenters. The molecule has 0 amide bonds. The van der Waals surface area contributed by atoms with Gasteiger partial charge in [0.15, 0.2) is 0 Å². The lowest BCUT2D eigenvalue weighted by Crippen LogP contribution is -2.64. The summed E-state index contributed by atoms with van der Waals surface area (Å²) in [5.41, 5.74) is 1.77. The van der Waals surface area contributed by atoms with E-state index in [1.807, 2.05) is 12.1 Å². The number of sulfonamides is 1. The average molecular weight is 509 g/mol. The van der Waals surface area contributed by atoms with Gasteiger partial charge in [-0.2, -0.15) is 4.31 Å². The number of nitrogens with one attached hydrogen (secondary N) is 2. The third-order valence-electron chi connectivity index (χ3n) is 6.45.